The van der Waals surface area contributed by atoms with Gasteiger partial charge in [0.05, 0.1) is 30.2 Å². The van der Waals surface area contributed by atoms with Crippen molar-refractivity contribution in [2.45, 2.75) is 19.5 Å². The number of fused-ring (bicyclic) bond motifs is 1. The van der Waals surface area contributed by atoms with Gasteiger partial charge in [-0.2, -0.15) is 5.26 Å². The molecule has 0 spiro atoms. The average molecular weight is 450 g/mol. The number of hydrogen-bond donors (Lipinski definition) is 0. The molecule has 3 aromatic heterocycles. The van der Waals surface area contributed by atoms with Crippen LogP contribution in [0.1, 0.15) is 22.5 Å². The highest BCUT2D eigenvalue weighted by Gasteiger charge is 2.13. The molecule has 0 unspecified atom stereocenters. The molecular weight excluding hydrogens is 426 g/mol. The maximum absolute atomic E-state index is 9.05. The highest BCUT2D eigenvalue weighted by molar-refractivity contribution is 7.17. The topological polar surface area (TPSA) is 57.7 Å². The summed E-state index contributed by atoms with van der Waals surface area (Å²) in [6.07, 6.45) is 6.54. The number of hydrogen-bond acceptors (Lipinski definition) is 5. The fourth-order valence-corrected chi connectivity index (χ4v) is 4.72. The second-order valence-corrected chi connectivity index (χ2v) is 8.90. The first kappa shape index (κ1) is 20.9. The maximum atomic E-state index is 9.05. The number of nitriles is 1. The summed E-state index contributed by atoms with van der Waals surface area (Å²) in [6, 6.07) is 24.8. The number of anilines is 1. The van der Waals surface area contributed by atoms with E-state index in [2.05, 4.69) is 61.2 Å². The molecule has 0 bridgehead atoms. The number of nitrogens with zero attached hydrogens (tertiary/aromatic N) is 5. The molecule has 2 aromatic carbocycles. The van der Waals surface area contributed by atoms with E-state index < -0.39 is 0 Å². The average Bonchev–Trinajstić information content (AvgIpc) is 3.51. The number of benzene rings is 2. The fraction of sp³-hybridized carbons (Fsp3) is 0.148. The second kappa shape index (κ2) is 9.68. The zero-order valence-corrected chi connectivity index (χ0v) is 18.9. The summed E-state index contributed by atoms with van der Waals surface area (Å²) in [4.78, 5) is 11.3. The molecule has 33 heavy (non-hydrogen) atoms. The van der Waals surface area contributed by atoms with Crippen LogP contribution in [-0.4, -0.2) is 21.1 Å². The van der Waals surface area contributed by atoms with Crippen LogP contribution in [0.4, 0.5) is 5.69 Å². The molecule has 0 amide bonds. The van der Waals surface area contributed by atoms with Crippen LogP contribution >= 0.6 is 11.3 Å². The monoisotopic (exact) mass is 449 g/mol. The van der Waals surface area contributed by atoms with Crippen LogP contribution in [0.2, 0.25) is 0 Å². The third-order valence-electron chi connectivity index (χ3n) is 5.75. The van der Waals surface area contributed by atoms with E-state index in [4.69, 9.17) is 5.26 Å². The second-order valence-electron chi connectivity index (χ2n) is 7.96. The Labute approximate surface area is 197 Å². The minimum atomic E-state index is 0.675. The smallest absolute Gasteiger partial charge is 0.0991 e. The van der Waals surface area contributed by atoms with Crippen molar-refractivity contribution in [1.82, 2.24) is 14.5 Å². The summed E-state index contributed by atoms with van der Waals surface area (Å²) in [6.45, 7) is 2.33. The highest BCUT2D eigenvalue weighted by atomic mass is 32.1. The first-order chi connectivity index (χ1) is 16.3. The first-order valence-corrected chi connectivity index (χ1v) is 11.8. The molecular formula is C27H23N5S. The van der Waals surface area contributed by atoms with E-state index in [0.717, 1.165) is 43.0 Å². The summed E-state index contributed by atoms with van der Waals surface area (Å²) < 4.78 is 3.48. The number of imidazole rings is 1. The van der Waals surface area contributed by atoms with Gasteiger partial charge in [-0.15, -0.1) is 11.3 Å². The molecule has 3 heterocycles. The molecule has 6 heteroatoms. The molecule has 0 aliphatic heterocycles. The van der Waals surface area contributed by atoms with E-state index in [1.54, 1.807) is 11.3 Å². The van der Waals surface area contributed by atoms with Gasteiger partial charge in [0.25, 0.3) is 0 Å². The van der Waals surface area contributed by atoms with Crippen LogP contribution in [0.3, 0.4) is 0 Å². The summed E-state index contributed by atoms with van der Waals surface area (Å²) in [5.41, 5.74) is 5.25. The van der Waals surface area contributed by atoms with E-state index in [1.165, 1.54) is 15.8 Å². The van der Waals surface area contributed by atoms with Crippen molar-refractivity contribution >= 4 is 27.1 Å². The number of thiophene rings is 1. The van der Waals surface area contributed by atoms with Gasteiger partial charge in [-0.25, -0.2) is 4.98 Å². The molecule has 5 nitrogen and oxygen atoms in total. The van der Waals surface area contributed by atoms with Gasteiger partial charge in [-0.3, -0.25) is 4.98 Å². The van der Waals surface area contributed by atoms with E-state index in [9.17, 15) is 0 Å². The van der Waals surface area contributed by atoms with Crippen LogP contribution in [0.15, 0.2) is 90.8 Å². The third kappa shape index (κ3) is 4.94. The summed E-state index contributed by atoms with van der Waals surface area (Å²) in [7, 11) is 0. The molecule has 5 rings (SSSR count). The Balaban J connectivity index is 1.39. The molecule has 5 aromatic rings. The van der Waals surface area contributed by atoms with Gasteiger partial charge in [-0.1, -0.05) is 18.2 Å². The largest absolute Gasteiger partial charge is 0.365 e. The highest BCUT2D eigenvalue weighted by Crippen LogP contribution is 2.27. The minimum absolute atomic E-state index is 0.675. The van der Waals surface area contributed by atoms with Gasteiger partial charge >= 0.3 is 0 Å². The summed E-state index contributed by atoms with van der Waals surface area (Å²) in [5.74, 6) is 0. The molecule has 0 saturated carbocycles. The van der Waals surface area contributed by atoms with Crippen molar-refractivity contribution < 1.29 is 0 Å². The Morgan fingerprint density at radius 2 is 1.94 bits per heavy atom. The van der Waals surface area contributed by atoms with Crippen molar-refractivity contribution in [3.8, 4) is 6.07 Å². The molecule has 0 aliphatic carbocycles. The van der Waals surface area contributed by atoms with Gasteiger partial charge < -0.3 is 9.47 Å². The van der Waals surface area contributed by atoms with E-state index in [0.29, 0.717) is 5.56 Å². The quantitative estimate of drug-likeness (QED) is 0.307. The molecule has 0 fully saturated rings. The van der Waals surface area contributed by atoms with Gasteiger partial charge in [0.15, 0.2) is 0 Å². The van der Waals surface area contributed by atoms with Crippen molar-refractivity contribution in [2.24, 2.45) is 0 Å². The van der Waals surface area contributed by atoms with E-state index in [1.807, 2.05) is 55.1 Å². The lowest BCUT2D eigenvalue weighted by molar-refractivity contribution is 0.693. The van der Waals surface area contributed by atoms with Gasteiger partial charge in [0.2, 0.25) is 0 Å². The van der Waals surface area contributed by atoms with Crippen molar-refractivity contribution in [1.29, 1.82) is 5.26 Å². The standard InChI is InChI=1S/C27H23N5S/c28-16-21-4-6-22(7-5-21)18-32-20-29-17-26(32)19-31(13-10-24-3-1-2-12-30-24)25-8-9-27-23(15-25)11-14-33-27/h1-9,11-12,14-15,17,20H,10,13,18-19H2. The van der Waals surface area contributed by atoms with Gasteiger partial charge in [-0.05, 0) is 64.9 Å². The van der Waals surface area contributed by atoms with Crippen LogP contribution in [-0.2, 0) is 19.5 Å². The zero-order chi connectivity index (χ0) is 22.5. The Morgan fingerprint density at radius 1 is 1.03 bits per heavy atom. The van der Waals surface area contributed by atoms with Crippen LogP contribution < -0.4 is 4.90 Å². The molecule has 0 N–H and O–H groups in total. The lowest BCUT2D eigenvalue weighted by Gasteiger charge is -2.25. The SMILES string of the molecule is N#Cc1ccc(Cn2cncc2CN(CCc2ccccn2)c2ccc3sccc3c2)cc1. The molecule has 0 radical (unpaired) electrons. The minimum Gasteiger partial charge on any atom is -0.365 e. The lowest BCUT2D eigenvalue weighted by atomic mass is 10.1. The summed E-state index contributed by atoms with van der Waals surface area (Å²) in [5, 5.41) is 12.5. The Bertz CT molecular complexity index is 1380. The molecule has 0 aliphatic rings. The first-order valence-electron chi connectivity index (χ1n) is 10.9. The third-order valence-corrected chi connectivity index (χ3v) is 6.65. The fourth-order valence-electron chi connectivity index (χ4n) is 3.94. The lowest BCUT2D eigenvalue weighted by Crippen LogP contribution is -2.27. The maximum Gasteiger partial charge on any atom is 0.0991 e. The van der Waals surface area contributed by atoms with Crippen molar-refractivity contribution in [3.05, 3.63) is 113 Å². The predicted molar refractivity (Wildman–Crippen MR) is 133 cm³/mol. The molecule has 0 atom stereocenters. The number of aromatic nitrogens is 3. The van der Waals surface area contributed by atoms with E-state index in [-0.39, 0.29) is 0 Å². The number of rotatable bonds is 8. The van der Waals surface area contributed by atoms with Crippen LogP contribution in [0.5, 0.6) is 0 Å². The Kier molecular flexibility index (Phi) is 6.14. The van der Waals surface area contributed by atoms with Crippen LogP contribution in [0.25, 0.3) is 10.1 Å². The Morgan fingerprint density at radius 3 is 2.76 bits per heavy atom. The summed E-state index contributed by atoms with van der Waals surface area (Å²) >= 11 is 1.77. The number of pyridine rings is 1. The zero-order valence-electron chi connectivity index (χ0n) is 18.1. The Hall–Kier alpha value is -3.95. The van der Waals surface area contributed by atoms with Gasteiger partial charge in [0, 0.05) is 48.0 Å². The van der Waals surface area contributed by atoms with E-state index >= 15 is 0 Å². The normalized spacial score (nSPS) is 10.9. The van der Waals surface area contributed by atoms with Crippen molar-refractivity contribution in [3.63, 3.8) is 0 Å². The molecule has 162 valence electrons. The predicted octanol–water partition coefficient (Wildman–Crippen LogP) is 5.66. The van der Waals surface area contributed by atoms with Crippen molar-refractivity contribution in [2.75, 3.05) is 11.4 Å². The van der Waals surface area contributed by atoms with Crippen LogP contribution in [0, 0.1) is 11.3 Å². The van der Waals surface area contributed by atoms with Gasteiger partial charge in [0.1, 0.15) is 0 Å². The molecule has 0 saturated heterocycles.